The summed E-state index contributed by atoms with van der Waals surface area (Å²) in [6.45, 7) is 5.76. The van der Waals surface area contributed by atoms with Crippen LogP contribution < -0.4 is 20.1 Å². The van der Waals surface area contributed by atoms with Gasteiger partial charge in [-0.15, -0.1) is 0 Å². The summed E-state index contributed by atoms with van der Waals surface area (Å²) in [5.41, 5.74) is 1.11. The number of piperidine rings is 1. The maximum absolute atomic E-state index is 5.36. The van der Waals surface area contributed by atoms with Crippen molar-refractivity contribution in [2.75, 3.05) is 61.2 Å². The van der Waals surface area contributed by atoms with Crippen molar-refractivity contribution in [3.63, 3.8) is 0 Å². The molecular formula is C20H34N4O3. The van der Waals surface area contributed by atoms with Gasteiger partial charge >= 0.3 is 0 Å². The molecule has 0 atom stereocenters. The van der Waals surface area contributed by atoms with Crippen molar-refractivity contribution >= 4 is 5.96 Å². The first-order chi connectivity index (χ1) is 13.2. The van der Waals surface area contributed by atoms with Crippen LogP contribution in [0.15, 0.2) is 23.2 Å². The van der Waals surface area contributed by atoms with Gasteiger partial charge in [-0.2, -0.15) is 0 Å². The molecule has 1 saturated heterocycles. The Labute approximate surface area is 163 Å². The standard InChI is InChI=1S/C20H34N4O3/c1-21-20(22-14-16-7-9-24(10-8-16)11-12-25-2)23-15-17-5-6-18(26-3)19(13-17)27-4/h5-6,13,16H,7-12,14-15H2,1-4H3,(H2,21,22,23). The van der Waals surface area contributed by atoms with Crippen molar-refractivity contribution in [2.45, 2.75) is 19.4 Å². The second-order valence-corrected chi connectivity index (χ2v) is 6.77. The van der Waals surface area contributed by atoms with E-state index >= 15 is 0 Å². The average Bonchev–Trinajstić information content (AvgIpc) is 2.72. The van der Waals surface area contributed by atoms with Gasteiger partial charge in [0.05, 0.1) is 20.8 Å². The molecule has 152 valence electrons. The van der Waals surface area contributed by atoms with Crippen molar-refractivity contribution in [3.8, 4) is 11.5 Å². The highest BCUT2D eigenvalue weighted by Gasteiger charge is 2.19. The van der Waals surface area contributed by atoms with Gasteiger partial charge in [-0.1, -0.05) is 6.07 Å². The van der Waals surface area contributed by atoms with Gasteiger partial charge in [-0.25, -0.2) is 0 Å². The molecule has 27 heavy (non-hydrogen) atoms. The summed E-state index contributed by atoms with van der Waals surface area (Å²) in [7, 11) is 6.86. The highest BCUT2D eigenvalue weighted by Crippen LogP contribution is 2.27. The zero-order chi connectivity index (χ0) is 19.5. The number of nitrogens with one attached hydrogen (secondary N) is 2. The number of likely N-dealkylation sites (tertiary alicyclic amines) is 1. The summed E-state index contributed by atoms with van der Waals surface area (Å²) in [5, 5.41) is 6.82. The predicted octanol–water partition coefficient (Wildman–Crippen LogP) is 1.73. The molecule has 7 heteroatoms. The van der Waals surface area contributed by atoms with Crippen LogP contribution in [-0.4, -0.2) is 72.0 Å². The maximum Gasteiger partial charge on any atom is 0.191 e. The smallest absolute Gasteiger partial charge is 0.191 e. The lowest BCUT2D eigenvalue weighted by Crippen LogP contribution is -2.43. The van der Waals surface area contributed by atoms with Gasteiger partial charge < -0.3 is 29.7 Å². The molecule has 0 unspecified atom stereocenters. The van der Waals surface area contributed by atoms with E-state index in [1.807, 2.05) is 18.2 Å². The molecule has 1 fully saturated rings. The number of rotatable bonds is 9. The topological polar surface area (TPSA) is 67.4 Å². The number of hydrogen-bond acceptors (Lipinski definition) is 5. The Morgan fingerprint density at radius 3 is 2.48 bits per heavy atom. The van der Waals surface area contributed by atoms with Gasteiger partial charge in [-0.3, -0.25) is 4.99 Å². The van der Waals surface area contributed by atoms with Crippen molar-refractivity contribution in [1.29, 1.82) is 0 Å². The monoisotopic (exact) mass is 378 g/mol. The molecule has 7 nitrogen and oxygen atoms in total. The average molecular weight is 379 g/mol. The molecule has 1 aliphatic rings. The van der Waals surface area contributed by atoms with Gasteiger partial charge in [0.15, 0.2) is 17.5 Å². The predicted molar refractivity (Wildman–Crippen MR) is 109 cm³/mol. The molecule has 0 saturated carbocycles. The number of aliphatic imine (C=N–C) groups is 1. The summed E-state index contributed by atoms with van der Waals surface area (Å²) < 4.78 is 15.8. The third kappa shape index (κ3) is 6.92. The quantitative estimate of drug-likeness (QED) is 0.504. The fourth-order valence-electron chi connectivity index (χ4n) is 3.27. The first-order valence-corrected chi connectivity index (χ1v) is 9.56. The van der Waals surface area contributed by atoms with E-state index in [-0.39, 0.29) is 0 Å². The van der Waals surface area contributed by atoms with Crippen LogP contribution in [0.3, 0.4) is 0 Å². The third-order valence-electron chi connectivity index (χ3n) is 5.01. The van der Waals surface area contributed by atoms with Crippen LogP contribution in [-0.2, 0) is 11.3 Å². The number of guanidine groups is 1. The van der Waals surface area contributed by atoms with Gasteiger partial charge in [0.25, 0.3) is 0 Å². The molecule has 1 aliphatic heterocycles. The van der Waals surface area contributed by atoms with E-state index < -0.39 is 0 Å². The fourth-order valence-corrected chi connectivity index (χ4v) is 3.27. The summed E-state index contributed by atoms with van der Waals surface area (Å²) >= 11 is 0. The van der Waals surface area contributed by atoms with Crippen molar-refractivity contribution in [1.82, 2.24) is 15.5 Å². The third-order valence-corrected chi connectivity index (χ3v) is 5.01. The zero-order valence-corrected chi connectivity index (χ0v) is 17.1. The highest BCUT2D eigenvalue weighted by atomic mass is 16.5. The molecule has 1 aromatic carbocycles. The number of ether oxygens (including phenoxy) is 3. The minimum atomic E-state index is 0.676. The van der Waals surface area contributed by atoms with Crippen LogP contribution in [0.25, 0.3) is 0 Å². The van der Waals surface area contributed by atoms with E-state index in [2.05, 4.69) is 20.5 Å². The molecule has 0 amide bonds. The van der Waals surface area contributed by atoms with Crippen LogP contribution in [0.2, 0.25) is 0 Å². The first kappa shape index (κ1) is 21.3. The molecular weight excluding hydrogens is 344 g/mol. The highest BCUT2D eigenvalue weighted by molar-refractivity contribution is 5.79. The minimum absolute atomic E-state index is 0.676. The molecule has 0 aromatic heterocycles. The summed E-state index contributed by atoms with van der Waals surface area (Å²) in [6, 6.07) is 5.93. The Kier molecular flexibility index (Phi) is 9.21. The minimum Gasteiger partial charge on any atom is -0.493 e. The van der Waals surface area contributed by atoms with Crippen LogP contribution in [0, 0.1) is 5.92 Å². The Balaban J connectivity index is 1.73. The lowest BCUT2D eigenvalue weighted by atomic mass is 9.97. The Morgan fingerprint density at radius 2 is 1.85 bits per heavy atom. The van der Waals surface area contributed by atoms with E-state index in [1.54, 1.807) is 28.4 Å². The van der Waals surface area contributed by atoms with E-state index in [0.29, 0.717) is 12.5 Å². The zero-order valence-electron chi connectivity index (χ0n) is 17.1. The summed E-state index contributed by atoms with van der Waals surface area (Å²) in [6.07, 6.45) is 2.42. The van der Waals surface area contributed by atoms with E-state index in [1.165, 1.54) is 12.8 Å². The molecule has 2 N–H and O–H groups in total. The largest absolute Gasteiger partial charge is 0.493 e. The Hall–Kier alpha value is -1.99. The van der Waals surface area contributed by atoms with Crippen molar-refractivity contribution in [3.05, 3.63) is 23.8 Å². The molecule has 0 aliphatic carbocycles. The molecule has 1 aromatic rings. The van der Waals surface area contributed by atoms with Gasteiger partial charge in [0.2, 0.25) is 0 Å². The number of benzene rings is 1. The maximum atomic E-state index is 5.36. The van der Waals surface area contributed by atoms with Gasteiger partial charge in [0.1, 0.15) is 0 Å². The second kappa shape index (κ2) is 11.7. The molecule has 0 radical (unpaired) electrons. The number of methoxy groups -OCH3 is 3. The van der Waals surface area contributed by atoms with Crippen LogP contribution >= 0.6 is 0 Å². The van der Waals surface area contributed by atoms with E-state index in [4.69, 9.17) is 14.2 Å². The van der Waals surface area contributed by atoms with Gasteiger partial charge in [-0.05, 0) is 49.5 Å². The van der Waals surface area contributed by atoms with Crippen LogP contribution in [0.4, 0.5) is 0 Å². The normalized spacial score (nSPS) is 16.2. The summed E-state index contributed by atoms with van der Waals surface area (Å²) in [4.78, 5) is 6.81. The fraction of sp³-hybridized carbons (Fsp3) is 0.650. The second-order valence-electron chi connectivity index (χ2n) is 6.77. The molecule has 1 heterocycles. The van der Waals surface area contributed by atoms with Crippen LogP contribution in [0.1, 0.15) is 18.4 Å². The van der Waals surface area contributed by atoms with Gasteiger partial charge in [0, 0.05) is 33.8 Å². The summed E-state index contributed by atoms with van der Waals surface area (Å²) in [5.74, 6) is 2.98. The van der Waals surface area contributed by atoms with Crippen molar-refractivity contribution < 1.29 is 14.2 Å². The number of hydrogen-bond donors (Lipinski definition) is 2. The molecule has 0 spiro atoms. The molecule has 0 bridgehead atoms. The van der Waals surface area contributed by atoms with Crippen molar-refractivity contribution in [2.24, 2.45) is 10.9 Å². The number of nitrogens with zero attached hydrogens (tertiary/aromatic N) is 2. The van der Waals surface area contributed by atoms with Crippen LogP contribution in [0.5, 0.6) is 11.5 Å². The lowest BCUT2D eigenvalue weighted by Gasteiger charge is -2.32. The first-order valence-electron chi connectivity index (χ1n) is 9.56. The Morgan fingerprint density at radius 1 is 1.11 bits per heavy atom. The van der Waals surface area contributed by atoms with E-state index in [9.17, 15) is 0 Å². The lowest BCUT2D eigenvalue weighted by molar-refractivity contribution is 0.121. The molecule has 2 rings (SSSR count). The van der Waals surface area contributed by atoms with E-state index in [0.717, 1.165) is 55.8 Å². The SMILES string of the molecule is CN=C(NCc1ccc(OC)c(OC)c1)NCC1CCN(CCOC)CC1. The Bertz CT molecular complexity index is 587.